The Bertz CT molecular complexity index is 507. The van der Waals surface area contributed by atoms with Crippen molar-refractivity contribution in [3.63, 3.8) is 0 Å². The van der Waals surface area contributed by atoms with E-state index in [1.54, 1.807) is 0 Å². The molecule has 0 unspecified atom stereocenters. The summed E-state index contributed by atoms with van der Waals surface area (Å²) in [6, 6.07) is 0. The lowest BCUT2D eigenvalue weighted by atomic mass is 10.4. The maximum absolute atomic E-state index is 11.5. The molecule has 0 bridgehead atoms. The van der Waals surface area contributed by atoms with E-state index in [0.29, 0.717) is 22.6 Å². The minimum atomic E-state index is -0.194. The molecule has 0 atom stereocenters. The Labute approximate surface area is 89.1 Å². The van der Waals surface area contributed by atoms with Crippen molar-refractivity contribution >= 4 is 22.8 Å². The summed E-state index contributed by atoms with van der Waals surface area (Å²) in [5.41, 5.74) is 0.297. The van der Waals surface area contributed by atoms with Gasteiger partial charge in [-0.05, 0) is 6.42 Å². The molecular weight excluding hydrogens is 216 g/mol. The van der Waals surface area contributed by atoms with Gasteiger partial charge in [-0.3, -0.25) is 9.89 Å². The predicted molar refractivity (Wildman–Crippen MR) is 56.9 cm³/mol. The zero-order valence-corrected chi connectivity index (χ0v) is 8.67. The molecule has 0 radical (unpaired) electrons. The Balaban J connectivity index is 2.25. The summed E-state index contributed by atoms with van der Waals surface area (Å²) in [6.07, 6.45) is 2.12. The number of hydrogen-bond donors (Lipinski definition) is 3. The molecule has 0 saturated heterocycles. The van der Waals surface area contributed by atoms with Crippen LogP contribution < -0.4 is 5.56 Å². The van der Waals surface area contributed by atoms with E-state index in [9.17, 15) is 4.79 Å². The molecular formula is C8H10N4O2S. The van der Waals surface area contributed by atoms with Crippen LogP contribution in [0, 0.1) is 0 Å². The van der Waals surface area contributed by atoms with E-state index in [0.717, 1.165) is 5.75 Å². The van der Waals surface area contributed by atoms with Crippen LogP contribution in [-0.2, 0) is 0 Å². The molecule has 2 heterocycles. The first-order chi connectivity index (χ1) is 7.31. The molecule has 15 heavy (non-hydrogen) atoms. The van der Waals surface area contributed by atoms with Crippen LogP contribution in [0.2, 0.25) is 0 Å². The highest BCUT2D eigenvalue weighted by atomic mass is 32.2. The van der Waals surface area contributed by atoms with Crippen LogP contribution in [0.25, 0.3) is 11.0 Å². The van der Waals surface area contributed by atoms with Crippen molar-refractivity contribution in [3.05, 3.63) is 16.6 Å². The van der Waals surface area contributed by atoms with Gasteiger partial charge >= 0.3 is 0 Å². The third kappa shape index (κ3) is 2.18. The Hall–Kier alpha value is -1.34. The van der Waals surface area contributed by atoms with E-state index in [4.69, 9.17) is 5.11 Å². The first-order valence-electron chi connectivity index (χ1n) is 4.48. The fourth-order valence-corrected chi connectivity index (χ4v) is 1.91. The molecule has 0 fully saturated rings. The molecule has 80 valence electrons. The lowest BCUT2D eigenvalue weighted by Gasteiger charge is -1.98. The van der Waals surface area contributed by atoms with Crippen LogP contribution in [0.3, 0.4) is 0 Å². The molecule has 0 aliphatic heterocycles. The summed E-state index contributed by atoms with van der Waals surface area (Å²) in [5.74, 6) is 0.721. The highest BCUT2D eigenvalue weighted by Crippen LogP contribution is 2.13. The zero-order chi connectivity index (χ0) is 10.7. The lowest BCUT2D eigenvalue weighted by Crippen LogP contribution is -2.08. The van der Waals surface area contributed by atoms with Crippen LogP contribution in [0.15, 0.2) is 16.1 Å². The summed E-state index contributed by atoms with van der Waals surface area (Å²) in [4.78, 5) is 18.3. The largest absolute Gasteiger partial charge is 0.396 e. The summed E-state index contributed by atoms with van der Waals surface area (Å²) in [7, 11) is 0. The van der Waals surface area contributed by atoms with Crippen molar-refractivity contribution in [1.29, 1.82) is 0 Å². The van der Waals surface area contributed by atoms with E-state index < -0.39 is 0 Å². The minimum absolute atomic E-state index is 0.142. The van der Waals surface area contributed by atoms with Crippen LogP contribution in [0.1, 0.15) is 6.42 Å². The number of aromatic amines is 2. The molecule has 2 aromatic heterocycles. The third-order valence-corrected chi connectivity index (χ3v) is 2.80. The van der Waals surface area contributed by atoms with E-state index in [2.05, 4.69) is 20.2 Å². The summed E-state index contributed by atoms with van der Waals surface area (Å²) in [6.45, 7) is 0.142. The Kier molecular flexibility index (Phi) is 3.02. The number of aliphatic hydroxyl groups is 1. The van der Waals surface area contributed by atoms with Gasteiger partial charge in [0.15, 0.2) is 10.8 Å². The molecule has 0 aliphatic carbocycles. The van der Waals surface area contributed by atoms with Gasteiger partial charge in [-0.1, -0.05) is 11.8 Å². The molecule has 3 N–H and O–H groups in total. The molecule has 0 aromatic carbocycles. The average Bonchev–Trinajstić information content (AvgIpc) is 2.66. The molecule has 0 spiro atoms. The summed E-state index contributed by atoms with van der Waals surface area (Å²) in [5, 5.41) is 16.0. The van der Waals surface area contributed by atoms with Crippen molar-refractivity contribution in [2.24, 2.45) is 0 Å². The molecule has 7 heteroatoms. The number of H-pyrrole nitrogens is 2. The Morgan fingerprint density at radius 3 is 3.20 bits per heavy atom. The highest BCUT2D eigenvalue weighted by Gasteiger charge is 2.05. The van der Waals surface area contributed by atoms with E-state index in [1.807, 2.05) is 0 Å². The van der Waals surface area contributed by atoms with Crippen molar-refractivity contribution in [3.8, 4) is 0 Å². The number of nitrogens with zero attached hydrogens (tertiary/aromatic N) is 2. The van der Waals surface area contributed by atoms with Crippen LogP contribution >= 0.6 is 11.8 Å². The van der Waals surface area contributed by atoms with Crippen LogP contribution in [0.4, 0.5) is 0 Å². The normalized spacial score (nSPS) is 11.0. The van der Waals surface area contributed by atoms with Gasteiger partial charge in [0.25, 0.3) is 5.56 Å². The van der Waals surface area contributed by atoms with Gasteiger partial charge in [0.1, 0.15) is 5.39 Å². The number of rotatable bonds is 4. The SMILES string of the molecule is O=c1[nH]c(SCCCO)nc2[nH]ncc12. The van der Waals surface area contributed by atoms with Gasteiger partial charge in [0, 0.05) is 12.4 Å². The fourth-order valence-electron chi connectivity index (χ4n) is 1.13. The predicted octanol–water partition coefficient (Wildman–Crippen LogP) is 0.121. The molecule has 2 aromatic rings. The lowest BCUT2D eigenvalue weighted by molar-refractivity contribution is 0.296. The number of nitrogens with one attached hydrogen (secondary N) is 2. The second-order valence-corrected chi connectivity index (χ2v) is 4.01. The summed E-state index contributed by atoms with van der Waals surface area (Å²) >= 11 is 1.40. The standard InChI is InChI=1S/C8H10N4O2S/c13-2-1-3-15-8-10-6-5(4-9-12-6)7(14)11-8/h4,13H,1-3H2,(H2,9,10,11,12,14). The monoisotopic (exact) mass is 226 g/mol. The third-order valence-electron chi connectivity index (χ3n) is 1.84. The molecule has 6 nitrogen and oxygen atoms in total. The van der Waals surface area contributed by atoms with Gasteiger partial charge in [-0.15, -0.1) is 0 Å². The number of aliphatic hydroxyl groups excluding tert-OH is 1. The van der Waals surface area contributed by atoms with E-state index in [1.165, 1.54) is 18.0 Å². The maximum atomic E-state index is 11.5. The maximum Gasteiger partial charge on any atom is 0.262 e. The van der Waals surface area contributed by atoms with Gasteiger partial charge in [-0.25, -0.2) is 4.98 Å². The zero-order valence-electron chi connectivity index (χ0n) is 7.86. The Morgan fingerprint density at radius 1 is 1.53 bits per heavy atom. The number of fused-ring (bicyclic) bond motifs is 1. The molecule has 2 rings (SSSR count). The number of hydrogen-bond acceptors (Lipinski definition) is 5. The Morgan fingerprint density at radius 2 is 2.40 bits per heavy atom. The van der Waals surface area contributed by atoms with Crippen molar-refractivity contribution < 1.29 is 5.11 Å². The van der Waals surface area contributed by atoms with E-state index >= 15 is 0 Å². The van der Waals surface area contributed by atoms with Crippen LogP contribution in [0.5, 0.6) is 0 Å². The number of aromatic nitrogens is 4. The molecule has 0 aliphatic rings. The quantitative estimate of drug-likeness (QED) is 0.391. The van der Waals surface area contributed by atoms with Crippen molar-refractivity contribution in [1.82, 2.24) is 20.2 Å². The van der Waals surface area contributed by atoms with E-state index in [-0.39, 0.29) is 12.2 Å². The highest BCUT2D eigenvalue weighted by molar-refractivity contribution is 7.99. The second kappa shape index (κ2) is 4.45. The second-order valence-electron chi connectivity index (χ2n) is 2.93. The average molecular weight is 226 g/mol. The number of thioether (sulfide) groups is 1. The summed E-state index contributed by atoms with van der Waals surface area (Å²) < 4.78 is 0. The van der Waals surface area contributed by atoms with Crippen molar-refractivity contribution in [2.45, 2.75) is 11.6 Å². The van der Waals surface area contributed by atoms with Crippen LogP contribution in [-0.4, -0.2) is 37.6 Å². The smallest absolute Gasteiger partial charge is 0.262 e. The topological polar surface area (TPSA) is 94.7 Å². The molecule has 0 saturated carbocycles. The first kappa shape index (κ1) is 10.2. The fraction of sp³-hybridized carbons (Fsp3) is 0.375. The minimum Gasteiger partial charge on any atom is -0.396 e. The van der Waals surface area contributed by atoms with Crippen molar-refractivity contribution in [2.75, 3.05) is 12.4 Å². The molecule has 0 amide bonds. The van der Waals surface area contributed by atoms with Gasteiger partial charge in [0.2, 0.25) is 0 Å². The van der Waals surface area contributed by atoms with Gasteiger partial charge in [-0.2, -0.15) is 5.10 Å². The first-order valence-corrected chi connectivity index (χ1v) is 5.47. The van der Waals surface area contributed by atoms with Gasteiger partial charge in [0.05, 0.1) is 6.20 Å². The van der Waals surface area contributed by atoms with Gasteiger partial charge < -0.3 is 10.1 Å².